The van der Waals surface area contributed by atoms with Crippen molar-refractivity contribution in [3.05, 3.63) is 45.7 Å². The molecule has 0 spiro atoms. The molecule has 2 nitrogen and oxygen atoms in total. The van der Waals surface area contributed by atoms with E-state index in [4.69, 9.17) is 0 Å². The highest BCUT2D eigenvalue weighted by Crippen LogP contribution is 2.16. The van der Waals surface area contributed by atoms with Crippen molar-refractivity contribution in [1.29, 1.82) is 0 Å². The lowest BCUT2D eigenvalue weighted by molar-refractivity contribution is 1.29. The topological polar surface area (TPSA) is 32.9 Å². The Labute approximate surface area is 76.2 Å². The fourth-order valence-corrected chi connectivity index (χ4v) is 1.64. The molecule has 1 aromatic carbocycles. The van der Waals surface area contributed by atoms with Crippen molar-refractivity contribution >= 4 is 10.9 Å². The van der Waals surface area contributed by atoms with E-state index in [9.17, 15) is 4.79 Å². The Kier molecular flexibility index (Phi) is 1.69. The summed E-state index contributed by atoms with van der Waals surface area (Å²) in [5.74, 6) is 0. The maximum absolute atomic E-state index is 11.1. The zero-order valence-electron chi connectivity index (χ0n) is 7.72. The van der Waals surface area contributed by atoms with E-state index in [0.29, 0.717) is 0 Å². The van der Waals surface area contributed by atoms with Crippen LogP contribution < -0.4 is 5.56 Å². The van der Waals surface area contributed by atoms with E-state index >= 15 is 0 Å². The average Bonchev–Trinajstić information content (AvgIpc) is 2.02. The Balaban J connectivity index is 2.94. The SMILES string of the molecule is Cc1cc(C)c2ccc(=O)[nH]c2c1. The first-order valence-electron chi connectivity index (χ1n) is 4.27. The summed E-state index contributed by atoms with van der Waals surface area (Å²) < 4.78 is 0. The minimum Gasteiger partial charge on any atom is -0.322 e. The molecule has 1 N–H and O–H groups in total. The zero-order chi connectivity index (χ0) is 9.42. The third-order valence-corrected chi connectivity index (χ3v) is 2.19. The summed E-state index contributed by atoms with van der Waals surface area (Å²) in [6.07, 6.45) is 0. The summed E-state index contributed by atoms with van der Waals surface area (Å²) in [4.78, 5) is 13.9. The van der Waals surface area contributed by atoms with E-state index in [0.717, 1.165) is 10.9 Å². The maximum Gasteiger partial charge on any atom is 0.248 e. The molecule has 1 heterocycles. The van der Waals surface area contributed by atoms with Crippen molar-refractivity contribution in [2.45, 2.75) is 13.8 Å². The Bertz CT molecular complexity index is 511. The van der Waals surface area contributed by atoms with E-state index in [-0.39, 0.29) is 5.56 Å². The van der Waals surface area contributed by atoms with Crippen LogP contribution in [0.2, 0.25) is 0 Å². The van der Waals surface area contributed by atoms with Crippen molar-refractivity contribution in [2.75, 3.05) is 0 Å². The van der Waals surface area contributed by atoms with Crippen LogP contribution in [0.25, 0.3) is 10.9 Å². The van der Waals surface area contributed by atoms with Gasteiger partial charge in [0, 0.05) is 17.0 Å². The summed E-state index contributed by atoms with van der Waals surface area (Å²) in [7, 11) is 0. The van der Waals surface area contributed by atoms with E-state index < -0.39 is 0 Å². The fraction of sp³-hybridized carbons (Fsp3) is 0.182. The largest absolute Gasteiger partial charge is 0.322 e. The van der Waals surface area contributed by atoms with E-state index in [1.54, 1.807) is 6.07 Å². The standard InChI is InChI=1S/C11H11NO/c1-7-5-8(2)9-3-4-11(13)12-10(9)6-7/h3-6H,1-2H3,(H,12,13). The Morgan fingerprint density at radius 2 is 1.92 bits per heavy atom. The van der Waals surface area contributed by atoms with E-state index in [1.807, 2.05) is 26.0 Å². The zero-order valence-corrected chi connectivity index (χ0v) is 7.72. The molecule has 66 valence electrons. The lowest BCUT2D eigenvalue weighted by atomic mass is 10.1. The van der Waals surface area contributed by atoms with Gasteiger partial charge >= 0.3 is 0 Å². The number of fused-ring (bicyclic) bond motifs is 1. The number of nitrogens with one attached hydrogen (secondary N) is 1. The van der Waals surface area contributed by atoms with Gasteiger partial charge in [-0.2, -0.15) is 0 Å². The molecule has 0 saturated carbocycles. The number of aromatic amines is 1. The molecule has 2 heteroatoms. The van der Waals surface area contributed by atoms with Crippen LogP contribution >= 0.6 is 0 Å². The molecule has 0 aliphatic rings. The lowest BCUT2D eigenvalue weighted by Gasteiger charge is -2.02. The molecule has 1 aromatic heterocycles. The van der Waals surface area contributed by atoms with Gasteiger partial charge in [-0.1, -0.05) is 6.07 Å². The number of hydrogen-bond donors (Lipinski definition) is 1. The van der Waals surface area contributed by atoms with Crippen LogP contribution in [0.5, 0.6) is 0 Å². The Morgan fingerprint density at radius 1 is 1.15 bits per heavy atom. The molecule has 0 unspecified atom stereocenters. The van der Waals surface area contributed by atoms with Crippen LogP contribution in [0, 0.1) is 13.8 Å². The lowest BCUT2D eigenvalue weighted by Crippen LogP contribution is -2.02. The highest BCUT2D eigenvalue weighted by molar-refractivity contribution is 5.82. The second-order valence-corrected chi connectivity index (χ2v) is 3.37. The van der Waals surface area contributed by atoms with E-state index in [1.165, 1.54) is 11.1 Å². The highest BCUT2D eigenvalue weighted by Gasteiger charge is 1.98. The van der Waals surface area contributed by atoms with Crippen LogP contribution in [0.1, 0.15) is 11.1 Å². The first kappa shape index (κ1) is 8.05. The molecule has 0 amide bonds. The average molecular weight is 173 g/mol. The number of hydrogen-bond acceptors (Lipinski definition) is 1. The van der Waals surface area contributed by atoms with Crippen molar-refractivity contribution in [3.63, 3.8) is 0 Å². The van der Waals surface area contributed by atoms with Gasteiger partial charge in [-0.25, -0.2) is 0 Å². The van der Waals surface area contributed by atoms with Gasteiger partial charge in [-0.05, 0) is 37.1 Å². The predicted octanol–water partition coefficient (Wildman–Crippen LogP) is 2.14. The Hall–Kier alpha value is -1.57. The van der Waals surface area contributed by atoms with Gasteiger partial charge in [-0.15, -0.1) is 0 Å². The van der Waals surface area contributed by atoms with Gasteiger partial charge in [0.15, 0.2) is 0 Å². The molecule has 0 aliphatic heterocycles. The van der Waals surface area contributed by atoms with Crippen LogP contribution in [0.4, 0.5) is 0 Å². The summed E-state index contributed by atoms with van der Waals surface area (Å²) in [6, 6.07) is 7.53. The first-order valence-corrected chi connectivity index (χ1v) is 4.27. The molecule has 0 saturated heterocycles. The van der Waals surface area contributed by atoms with Crippen LogP contribution in [0.15, 0.2) is 29.1 Å². The molecule has 0 aliphatic carbocycles. The molecule has 0 atom stereocenters. The summed E-state index contributed by atoms with van der Waals surface area (Å²) in [5.41, 5.74) is 3.25. The van der Waals surface area contributed by atoms with Crippen LogP contribution in [0.3, 0.4) is 0 Å². The quantitative estimate of drug-likeness (QED) is 0.650. The molecule has 0 fully saturated rings. The summed E-state index contributed by atoms with van der Waals surface area (Å²) >= 11 is 0. The fourth-order valence-electron chi connectivity index (χ4n) is 1.64. The monoisotopic (exact) mass is 173 g/mol. The number of pyridine rings is 1. The highest BCUT2D eigenvalue weighted by atomic mass is 16.1. The minimum absolute atomic E-state index is 0.0440. The molecule has 2 rings (SSSR count). The second-order valence-electron chi connectivity index (χ2n) is 3.37. The van der Waals surface area contributed by atoms with E-state index in [2.05, 4.69) is 11.1 Å². The predicted molar refractivity (Wildman–Crippen MR) is 54.0 cm³/mol. The van der Waals surface area contributed by atoms with Crippen molar-refractivity contribution in [2.24, 2.45) is 0 Å². The smallest absolute Gasteiger partial charge is 0.248 e. The number of rotatable bonds is 0. The van der Waals surface area contributed by atoms with Crippen LogP contribution in [-0.4, -0.2) is 4.98 Å². The normalized spacial score (nSPS) is 10.6. The number of H-pyrrole nitrogens is 1. The third-order valence-electron chi connectivity index (χ3n) is 2.19. The van der Waals surface area contributed by atoms with Crippen molar-refractivity contribution in [1.82, 2.24) is 4.98 Å². The number of aryl methyl sites for hydroxylation is 2. The van der Waals surface area contributed by atoms with Crippen LogP contribution in [-0.2, 0) is 0 Å². The molecule has 2 aromatic rings. The van der Waals surface area contributed by atoms with Gasteiger partial charge in [0.2, 0.25) is 5.56 Å². The minimum atomic E-state index is -0.0440. The molecule has 0 radical (unpaired) electrons. The molecule has 13 heavy (non-hydrogen) atoms. The summed E-state index contributed by atoms with van der Waals surface area (Å²) in [5, 5.41) is 1.12. The second kappa shape index (κ2) is 2.73. The summed E-state index contributed by atoms with van der Waals surface area (Å²) in [6.45, 7) is 4.07. The molecular formula is C11H11NO. The molecule has 0 bridgehead atoms. The van der Waals surface area contributed by atoms with Gasteiger partial charge in [0.1, 0.15) is 0 Å². The maximum atomic E-state index is 11.1. The van der Waals surface area contributed by atoms with Gasteiger partial charge in [-0.3, -0.25) is 4.79 Å². The molecular weight excluding hydrogens is 162 g/mol. The van der Waals surface area contributed by atoms with Gasteiger partial charge in [0.25, 0.3) is 0 Å². The number of benzene rings is 1. The Morgan fingerprint density at radius 3 is 2.69 bits per heavy atom. The number of aromatic nitrogens is 1. The first-order chi connectivity index (χ1) is 6.16. The third kappa shape index (κ3) is 1.35. The van der Waals surface area contributed by atoms with Gasteiger partial charge < -0.3 is 4.98 Å². The van der Waals surface area contributed by atoms with Gasteiger partial charge in [0.05, 0.1) is 0 Å². The van der Waals surface area contributed by atoms with Crippen molar-refractivity contribution in [3.8, 4) is 0 Å². The van der Waals surface area contributed by atoms with Crippen molar-refractivity contribution < 1.29 is 0 Å².